The van der Waals surface area contributed by atoms with Gasteiger partial charge in [0.1, 0.15) is 0 Å². The number of aromatic nitrogens is 2. The Kier molecular flexibility index (Phi) is 4.35. The molecule has 2 rings (SSSR count). The Balaban J connectivity index is 2.34. The van der Waals surface area contributed by atoms with Gasteiger partial charge in [-0.25, -0.2) is 9.97 Å². The summed E-state index contributed by atoms with van der Waals surface area (Å²) < 4.78 is 0. The first kappa shape index (κ1) is 16.1. The third-order valence-corrected chi connectivity index (χ3v) is 3.34. The number of carbonyl (C=O) groups is 3. The Morgan fingerprint density at radius 2 is 1.35 bits per heavy atom. The molecule has 0 bridgehead atoms. The molecule has 8 nitrogen and oxygen atoms in total. The maximum atomic E-state index is 11.2. The summed E-state index contributed by atoms with van der Waals surface area (Å²) in [6.07, 6.45) is 2.43. The third-order valence-electron chi connectivity index (χ3n) is 3.34. The highest BCUT2D eigenvalue weighted by molar-refractivity contribution is 6.16. The largest absolute Gasteiger partial charge is 0.480 e. The summed E-state index contributed by atoms with van der Waals surface area (Å²) in [4.78, 5) is 41.7. The molecule has 1 aromatic carbocycles. The van der Waals surface area contributed by atoms with Crippen molar-refractivity contribution < 1.29 is 29.7 Å². The molecule has 0 unspecified atom stereocenters. The molecule has 0 saturated carbocycles. The van der Waals surface area contributed by atoms with Crippen LogP contribution in [-0.2, 0) is 20.8 Å². The number of hydrogen-bond acceptors (Lipinski definition) is 5. The summed E-state index contributed by atoms with van der Waals surface area (Å²) in [6, 6.07) is 7.70. The van der Waals surface area contributed by atoms with Crippen molar-refractivity contribution in [1.29, 1.82) is 0 Å². The molecule has 0 aliphatic heterocycles. The summed E-state index contributed by atoms with van der Waals surface area (Å²) in [5, 5.41) is 27.2. The average Bonchev–Trinajstić information content (AvgIpc) is 2.53. The van der Waals surface area contributed by atoms with Gasteiger partial charge in [0.25, 0.3) is 5.41 Å². The first-order valence-electron chi connectivity index (χ1n) is 6.44. The van der Waals surface area contributed by atoms with Crippen molar-refractivity contribution in [2.24, 2.45) is 5.41 Å². The molecule has 0 aliphatic carbocycles. The lowest BCUT2D eigenvalue weighted by Gasteiger charge is -2.20. The highest BCUT2D eigenvalue weighted by atomic mass is 16.4. The zero-order valence-corrected chi connectivity index (χ0v) is 11.7. The van der Waals surface area contributed by atoms with Crippen LogP contribution in [0.4, 0.5) is 0 Å². The van der Waals surface area contributed by atoms with E-state index in [1.54, 1.807) is 30.6 Å². The lowest BCUT2D eigenvalue weighted by atomic mass is 9.81. The van der Waals surface area contributed by atoms with Crippen molar-refractivity contribution in [3.63, 3.8) is 0 Å². The first-order valence-corrected chi connectivity index (χ1v) is 6.44. The predicted molar refractivity (Wildman–Crippen MR) is 76.5 cm³/mol. The molecule has 0 radical (unpaired) electrons. The molecular weight excluding hydrogens is 304 g/mol. The number of aliphatic carboxylic acids is 3. The Morgan fingerprint density at radius 3 is 1.78 bits per heavy atom. The van der Waals surface area contributed by atoms with Gasteiger partial charge in [0.15, 0.2) is 5.82 Å². The molecular formula is C15H12N2O6. The Labute approximate surface area is 130 Å². The number of benzene rings is 1. The molecule has 1 heterocycles. The highest BCUT2D eigenvalue weighted by Crippen LogP contribution is 2.26. The second-order valence-electron chi connectivity index (χ2n) is 4.77. The summed E-state index contributed by atoms with van der Waals surface area (Å²) in [5.41, 5.74) is -2.03. The van der Waals surface area contributed by atoms with Crippen LogP contribution in [0, 0.1) is 5.41 Å². The normalized spacial score (nSPS) is 11.0. The molecule has 0 saturated heterocycles. The summed E-state index contributed by atoms with van der Waals surface area (Å²) in [6.45, 7) is 0. The van der Waals surface area contributed by atoms with E-state index in [0.717, 1.165) is 0 Å². The zero-order valence-electron chi connectivity index (χ0n) is 11.7. The van der Waals surface area contributed by atoms with Crippen LogP contribution in [0.1, 0.15) is 5.56 Å². The first-order chi connectivity index (χ1) is 10.9. The summed E-state index contributed by atoms with van der Waals surface area (Å²) in [7, 11) is 0. The Morgan fingerprint density at radius 1 is 0.870 bits per heavy atom. The SMILES string of the molecule is O=C(O)C(Cc1ccc(-c2ncccn2)cc1)(C(=O)O)C(=O)O. The monoisotopic (exact) mass is 316 g/mol. The van der Waals surface area contributed by atoms with Crippen molar-refractivity contribution in [2.75, 3.05) is 0 Å². The van der Waals surface area contributed by atoms with Crippen LogP contribution >= 0.6 is 0 Å². The van der Waals surface area contributed by atoms with Crippen LogP contribution in [0.2, 0.25) is 0 Å². The van der Waals surface area contributed by atoms with Crippen LogP contribution < -0.4 is 0 Å². The molecule has 0 fully saturated rings. The fourth-order valence-corrected chi connectivity index (χ4v) is 2.03. The highest BCUT2D eigenvalue weighted by Gasteiger charge is 2.54. The van der Waals surface area contributed by atoms with Crippen molar-refractivity contribution in [3.05, 3.63) is 48.3 Å². The van der Waals surface area contributed by atoms with Crippen LogP contribution in [0.3, 0.4) is 0 Å². The number of carboxylic acid groups (broad SMARTS) is 3. The van der Waals surface area contributed by atoms with E-state index in [-0.39, 0.29) is 5.56 Å². The van der Waals surface area contributed by atoms with Gasteiger partial charge >= 0.3 is 17.9 Å². The zero-order chi connectivity index (χ0) is 17.0. The van der Waals surface area contributed by atoms with Gasteiger partial charge in [-0.3, -0.25) is 14.4 Å². The van der Waals surface area contributed by atoms with Gasteiger partial charge in [0.2, 0.25) is 0 Å². The third kappa shape index (κ3) is 3.00. The minimum Gasteiger partial charge on any atom is -0.480 e. The van der Waals surface area contributed by atoms with E-state index >= 15 is 0 Å². The van der Waals surface area contributed by atoms with Crippen LogP contribution in [0.5, 0.6) is 0 Å². The lowest BCUT2D eigenvalue weighted by molar-refractivity contribution is -0.175. The van der Waals surface area contributed by atoms with Crippen LogP contribution in [-0.4, -0.2) is 43.2 Å². The fraction of sp³-hybridized carbons (Fsp3) is 0.133. The Bertz CT molecular complexity index is 706. The van der Waals surface area contributed by atoms with E-state index in [0.29, 0.717) is 11.4 Å². The molecule has 0 amide bonds. The molecule has 23 heavy (non-hydrogen) atoms. The van der Waals surface area contributed by atoms with Gasteiger partial charge < -0.3 is 15.3 Å². The molecule has 1 aromatic heterocycles. The van der Waals surface area contributed by atoms with E-state index in [9.17, 15) is 14.4 Å². The minimum atomic E-state index is -2.93. The number of carboxylic acids is 3. The maximum Gasteiger partial charge on any atom is 0.333 e. The van der Waals surface area contributed by atoms with Crippen LogP contribution in [0.15, 0.2) is 42.7 Å². The van der Waals surface area contributed by atoms with Gasteiger partial charge in [-0.1, -0.05) is 24.3 Å². The smallest absolute Gasteiger partial charge is 0.333 e. The predicted octanol–water partition coefficient (Wildman–Crippen LogP) is 0.926. The van der Waals surface area contributed by atoms with Crippen LogP contribution in [0.25, 0.3) is 11.4 Å². The van der Waals surface area contributed by atoms with E-state index in [4.69, 9.17) is 15.3 Å². The number of hydrogen-bond donors (Lipinski definition) is 3. The molecule has 118 valence electrons. The van der Waals surface area contributed by atoms with Gasteiger partial charge in [0, 0.05) is 24.4 Å². The standard InChI is InChI=1S/C15H12N2O6/c18-12(19)15(13(20)21,14(22)23)8-9-2-4-10(5-3-9)11-16-6-1-7-17-11/h1-7H,8H2,(H,18,19)(H,20,21)(H,22,23). The van der Waals surface area contributed by atoms with E-state index in [1.807, 2.05) is 0 Å². The van der Waals surface area contributed by atoms with Gasteiger partial charge in [-0.2, -0.15) is 0 Å². The minimum absolute atomic E-state index is 0.261. The second kappa shape index (κ2) is 6.22. The Hall–Kier alpha value is -3.29. The van der Waals surface area contributed by atoms with E-state index < -0.39 is 29.7 Å². The summed E-state index contributed by atoms with van der Waals surface area (Å²) in [5.74, 6) is -5.33. The molecule has 0 aliphatic rings. The van der Waals surface area contributed by atoms with Crippen molar-refractivity contribution in [2.45, 2.75) is 6.42 Å². The van der Waals surface area contributed by atoms with E-state index in [1.165, 1.54) is 12.1 Å². The fourth-order valence-electron chi connectivity index (χ4n) is 2.03. The topological polar surface area (TPSA) is 138 Å². The van der Waals surface area contributed by atoms with Gasteiger partial charge in [-0.15, -0.1) is 0 Å². The van der Waals surface area contributed by atoms with E-state index in [2.05, 4.69) is 9.97 Å². The lowest BCUT2D eigenvalue weighted by Crippen LogP contribution is -2.48. The quantitative estimate of drug-likeness (QED) is 0.669. The molecule has 2 aromatic rings. The number of rotatable bonds is 6. The van der Waals surface area contributed by atoms with Gasteiger partial charge in [-0.05, 0) is 11.6 Å². The van der Waals surface area contributed by atoms with Gasteiger partial charge in [0.05, 0.1) is 0 Å². The van der Waals surface area contributed by atoms with Crippen molar-refractivity contribution in [3.8, 4) is 11.4 Å². The van der Waals surface area contributed by atoms with Crippen molar-refractivity contribution in [1.82, 2.24) is 9.97 Å². The molecule has 0 spiro atoms. The maximum absolute atomic E-state index is 11.2. The second-order valence-corrected chi connectivity index (χ2v) is 4.77. The van der Waals surface area contributed by atoms with Crippen molar-refractivity contribution >= 4 is 17.9 Å². The summed E-state index contributed by atoms with van der Waals surface area (Å²) >= 11 is 0. The molecule has 3 N–H and O–H groups in total. The molecule has 0 atom stereocenters. The molecule has 8 heteroatoms. The number of nitrogens with zero attached hydrogens (tertiary/aromatic N) is 2. The average molecular weight is 316 g/mol.